The highest BCUT2D eigenvalue weighted by Gasteiger charge is 2.55. The molecule has 0 bridgehead atoms. The van der Waals surface area contributed by atoms with Crippen molar-refractivity contribution in [3.63, 3.8) is 0 Å². The van der Waals surface area contributed by atoms with Crippen molar-refractivity contribution < 1.29 is 77.2 Å². The summed E-state index contributed by atoms with van der Waals surface area (Å²) < 4.78 is 58.8. The van der Waals surface area contributed by atoms with Crippen LogP contribution in [0.1, 0.15) is 162 Å². The number of benzene rings is 2. The molecule has 2 aromatic carbocycles. The molecule has 4 fully saturated rings. The highest BCUT2D eigenvalue weighted by atomic mass is 16.8. The number of cyclic esters (lactones) is 1. The Balaban J connectivity index is 1.48. The number of likely N-dealkylation sites (N-methyl/N-ethyl adjacent to an activating group) is 1. The maximum atomic E-state index is 15.0. The Morgan fingerprint density at radius 3 is 1.94 bits per heavy atom. The Labute approximate surface area is 463 Å². The minimum Gasteiger partial charge on any atom is -0.459 e. The molecule has 2 aromatic rings. The summed E-state index contributed by atoms with van der Waals surface area (Å²) in [7, 11) is 5.29. The number of carbonyl (C=O) groups excluding carboxylic acids is 3. The third-order valence-electron chi connectivity index (χ3n) is 16.7. The van der Waals surface area contributed by atoms with Crippen LogP contribution in [0.25, 0.3) is 0 Å². The molecule has 78 heavy (non-hydrogen) atoms. The minimum atomic E-state index is -2.03. The smallest absolute Gasteiger partial charge is 0.338 e. The summed E-state index contributed by atoms with van der Waals surface area (Å²) in [5, 5.41) is 43.2. The molecule has 3 aliphatic heterocycles. The Morgan fingerprint density at radius 2 is 1.38 bits per heavy atom. The largest absolute Gasteiger partial charge is 0.459 e. The van der Waals surface area contributed by atoms with E-state index in [2.05, 4.69) is 0 Å². The van der Waals surface area contributed by atoms with E-state index in [0.717, 1.165) is 19.3 Å². The monoisotopic (exact) mass is 1100 g/mol. The lowest BCUT2D eigenvalue weighted by atomic mass is 9.73. The number of aliphatic hydroxyl groups excluding tert-OH is 1. The lowest BCUT2D eigenvalue weighted by Gasteiger charge is -2.50. The van der Waals surface area contributed by atoms with E-state index in [1.807, 2.05) is 46.7 Å². The van der Waals surface area contributed by atoms with Crippen LogP contribution < -0.4 is 0 Å². The number of ether oxygens (including phenoxy) is 9. The van der Waals surface area contributed by atoms with Crippen molar-refractivity contribution in [3.05, 3.63) is 71.8 Å². The molecule has 18 nitrogen and oxygen atoms in total. The molecule has 3 heterocycles. The Kier molecular flexibility index (Phi) is 21.6. The number of carbonyl (C=O) groups is 3. The normalized spacial score (nSPS) is 38.7. The fraction of sp³-hybridized carbons (Fsp3) is 0.733. The van der Waals surface area contributed by atoms with Crippen molar-refractivity contribution in [1.29, 1.82) is 0 Å². The number of esters is 3. The van der Waals surface area contributed by atoms with Crippen LogP contribution in [0.5, 0.6) is 0 Å². The Morgan fingerprint density at radius 1 is 0.795 bits per heavy atom. The van der Waals surface area contributed by atoms with Crippen molar-refractivity contribution in [2.45, 2.75) is 237 Å². The summed E-state index contributed by atoms with van der Waals surface area (Å²) in [6.45, 7) is 21.1. The van der Waals surface area contributed by atoms with Gasteiger partial charge in [-0.25, -0.2) is 9.59 Å². The van der Waals surface area contributed by atoms with Crippen molar-refractivity contribution in [3.8, 4) is 0 Å². The number of methoxy groups -OCH3 is 1. The van der Waals surface area contributed by atoms with Crippen LogP contribution in [-0.4, -0.2) is 161 Å². The van der Waals surface area contributed by atoms with E-state index in [-0.39, 0.29) is 25.4 Å². The summed E-state index contributed by atoms with van der Waals surface area (Å²) in [6.07, 6.45) is -6.57. The van der Waals surface area contributed by atoms with Crippen LogP contribution in [0.15, 0.2) is 65.8 Å². The second-order valence-corrected chi connectivity index (χ2v) is 23.8. The summed E-state index contributed by atoms with van der Waals surface area (Å²) in [5.41, 5.74) is -4.08. The Hall–Kier alpha value is -4.08. The molecule has 18 heteroatoms. The molecule has 4 aliphatic rings. The summed E-state index contributed by atoms with van der Waals surface area (Å²) in [6, 6.07) is 16.8. The van der Waals surface area contributed by atoms with Gasteiger partial charge < -0.3 is 67.7 Å². The second-order valence-electron chi connectivity index (χ2n) is 23.8. The minimum absolute atomic E-state index is 0.0218. The maximum absolute atomic E-state index is 15.0. The fourth-order valence-electron chi connectivity index (χ4n) is 12.3. The van der Waals surface area contributed by atoms with E-state index < -0.39 is 132 Å². The second kappa shape index (κ2) is 26.7. The first-order valence-electron chi connectivity index (χ1n) is 28.3. The molecule has 1 saturated carbocycles. The van der Waals surface area contributed by atoms with Gasteiger partial charge >= 0.3 is 17.9 Å². The third-order valence-corrected chi connectivity index (χ3v) is 16.7. The number of nitrogens with zero attached hydrogens (tertiary/aromatic N) is 2. The van der Waals surface area contributed by atoms with Crippen molar-refractivity contribution in [1.82, 2.24) is 4.90 Å². The highest BCUT2D eigenvalue weighted by Crippen LogP contribution is 2.43. The van der Waals surface area contributed by atoms with Crippen LogP contribution in [0.4, 0.5) is 0 Å². The molecule has 0 radical (unpaired) electrons. The molecule has 3 saturated heterocycles. The quantitative estimate of drug-likeness (QED) is 0.0660. The number of hydrogen-bond donors (Lipinski definition) is 3. The van der Waals surface area contributed by atoms with E-state index in [9.17, 15) is 29.7 Å². The van der Waals surface area contributed by atoms with Gasteiger partial charge in [-0.05, 0) is 126 Å². The van der Waals surface area contributed by atoms with E-state index in [1.165, 1.54) is 14.0 Å². The topological polar surface area (TPSA) is 220 Å². The van der Waals surface area contributed by atoms with Crippen LogP contribution in [0, 0.1) is 23.7 Å². The van der Waals surface area contributed by atoms with E-state index in [1.54, 1.807) is 109 Å². The van der Waals surface area contributed by atoms with Gasteiger partial charge in [-0.15, -0.1) is 0 Å². The zero-order chi connectivity index (χ0) is 57.5. The molecule has 0 unspecified atom stereocenters. The van der Waals surface area contributed by atoms with Gasteiger partial charge in [-0.2, -0.15) is 0 Å². The van der Waals surface area contributed by atoms with Gasteiger partial charge in [0.05, 0.1) is 71.0 Å². The molecule has 0 spiro atoms. The van der Waals surface area contributed by atoms with Gasteiger partial charge in [-0.1, -0.05) is 75.7 Å². The summed E-state index contributed by atoms with van der Waals surface area (Å²) >= 11 is 0. The predicted octanol–water partition coefficient (Wildman–Crippen LogP) is 8.40. The van der Waals surface area contributed by atoms with Gasteiger partial charge in [0.2, 0.25) is 5.79 Å². The maximum Gasteiger partial charge on any atom is 0.338 e. The standard InChI is InChI=1S/C60H92N2O16/c1-16-45-59(12,68)50(63)38(6)47(61-78-60(77-35(2)3)30-24-19-25-31-60)36(4)33-57(10,67)51(76-56-49(44(62(13)14)32-37(5)70-56)74-54(65)42-26-20-17-21-27-42)39(7)48(40(8)53(64)72-45)73-46-34-58(11,69-15)52(41(9)71-46)75-55(66)43-28-22-18-23-29-43/h17-18,20-23,26-29,35-41,44-46,48-52,56,63,67-68H,16,19,24-25,30-34H2,1-15H3/b61-47+/t36-,37-,38-,39+,40-,41+,44+,45+,46+,48-,49-,50-,51-,52+,56+,57-,58-,59-/m1/s1. The molecular weight excluding hydrogens is 1000 g/mol. The molecule has 3 N–H and O–H groups in total. The van der Waals surface area contributed by atoms with Gasteiger partial charge in [0.1, 0.15) is 17.3 Å². The zero-order valence-corrected chi connectivity index (χ0v) is 48.9. The number of hydrogen-bond acceptors (Lipinski definition) is 18. The Bertz CT molecular complexity index is 2270. The molecule has 18 atom stereocenters. The van der Waals surface area contributed by atoms with Gasteiger partial charge in [-0.3, -0.25) is 4.79 Å². The highest BCUT2D eigenvalue weighted by molar-refractivity contribution is 5.90. The number of oxime groups is 1. The first-order chi connectivity index (χ1) is 36.7. The summed E-state index contributed by atoms with van der Waals surface area (Å²) in [5.74, 6) is -6.71. The van der Waals surface area contributed by atoms with Gasteiger partial charge in [0.15, 0.2) is 24.8 Å². The average Bonchev–Trinajstić information content (AvgIpc) is 3.42. The first-order valence-corrected chi connectivity index (χ1v) is 28.3. The van der Waals surface area contributed by atoms with Gasteiger partial charge in [0.25, 0.3) is 0 Å². The SMILES string of the molecule is CC[C@@H]1OC(=O)[C@H](C)[C@H](O[C@H]2C[C@@](C)(OC)[C@@H](OC(=O)c3ccccc3)[C@H](C)O2)[C@H](C)[C@@H](O[C@@H]2O[C@H](C)C[C@H](N(C)C)[C@H]2OC(=O)c2ccccc2)[C@](C)(O)C[C@@H](C)/C(=N\OC2(OC(C)C)CCCCC2)[C@@H](C)[C@@H](O)[C@]1(C)O. The molecule has 0 amide bonds. The van der Waals surface area contributed by atoms with Crippen LogP contribution in [-0.2, 0) is 52.3 Å². The van der Waals surface area contributed by atoms with E-state index in [4.69, 9.17) is 52.6 Å². The van der Waals surface area contributed by atoms with Crippen LogP contribution in [0.2, 0.25) is 0 Å². The van der Waals surface area contributed by atoms with E-state index >= 15 is 0 Å². The molecular formula is C60H92N2O16. The lowest BCUT2D eigenvalue weighted by Crippen LogP contribution is -2.62. The summed E-state index contributed by atoms with van der Waals surface area (Å²) in [4.78, 5) is 50.9. The molecule has 438 valence electrons. The van der Waals surface area contributed by atoms with E-state index in [0.29, 0.717) is 36.1 Å². The first kappa shape index (κ1) is 63.1. The molecule has 6 rings (SSSR count). The lowest BCUT2D eigenvalue weighted by molar-refractivity contribution is -0.317. The van der Waals surface area contributed by atoms with Crippen molar-refractivity contribution >= 4 is 23.6 Å². The molecule has 1 aliphatic carbocycles. The van der Waals surface area contributed by atoms with Gasteiger partial charge in [0, 0.05) is 44.1 Å². The predicted molar refractivity (Wildman–Crippen MR) is 291 cm³/mol. The average molecular weight is 1100 g/mol. The number of aliphatic hydroxyl groups is 3. The third kappa shape index (κ3) is 14.9. The van der Waals surface area contributed by atoms with Crippen molar-refractivity contribution in [2.75, 3.05) is 21.2 Å². The molecule has 0 aromatic heterocycles. The zero-order valence-electron chi connectivity index (χ0n) is 48.9. The van der Waals surface area contributed by atoms with Crippen LogP contribution >= 0.6 is 0 Å². The fourth-order valence-corrected chi connectivity index (χ4v) is 12.3. The van der Waals surface area contributed by atoms with Crippen LogP contribution in [0.3, 0.4) is 0 Å². The van der Waals surface area contributed by atoms with Crippen molar-refractivity contribution in [2.24, 2.45) is 28.8 Å². The number of rotatable bonds is 15.